The van der Waals surface area contributed by atoms with Crippen LogP contribution in [0.5, 0.6) is 0 Å². The number of piperazine rings is 1. The van der Waals surface area contributed by atoms with Gasteiger partial charge >= 0.3 is 0 Å². The molecule has 1 aliphatic rings. The van der Waals surface area contributed by atoms with E-state index < -0.39 is 0 Å². The van der Waals surface area contributed by atoms with E-state index in [1.54, 1.807) is 6.07 Å². The minimum Gasteiger partial charge on any atom is -0.367 e. The molecule has 3 heteroatoms. The van der Waals surface area contributed by atoms with Crippen molar-refractivity contribution in [2.45, 2.75) is 13.8 Å². The van der Waals surface area contributed by atoms with Crippen molar-refractivity contribution >= 4 is 5.69 Å². The summed E-state index contributed by atoms with van der Waals surface area (Å²) in [5, 5.41) is 0. The van der Waals surface area contributed by atoms with E-state index in [1.807, 2.05) is 19.1 Å². The molecule has 0 bridgehead atoms. The summed E-state index contributed by atoms with van der Waals surface area (Å²) >= 11 is 0. The maximum Gasteiger partial charge on any atom is 0.146 e. The van der Waals surface area contributed by atoms with Crippen LogP contribution >= 0.6 is 0 Å². The van der Waals surface area contributed by atoms with Gasteiger partial charge in [0.15, 0.2) is 0 Å². The summed E-state index contributed by atoms with van der Waals surface area (Å²) in [4.78, 5) is 4.53. The van der Waals surface area contributed by atoms with Gasteiger partial charge in [0.05, 0.1) is 5.69 Å². The van der Waals surface area contributed by atoms with Crippen molar-refractivity contribution in [3.63, 3.8) is 0 Å². The Balaban J connectivity index is 2.08. The number of hydrogen-bond acceptors (Lipinski definition) is 2. The summed E-state index contributed by atoms with van der Waals surface area (Å²) < 4.78 is 13.8. The molecule has 0 aromatic heterocycles. The Morgan fingerprint density at radius 3 is 2.44 bits per heavy atom. The summed E-state index contributed by atoms with van der Waals surface area (Å²) in [6.07, 6.45) is 0. The maximum atomic E-state index is 13.8. The van der Waals surface area contributed by atoms with E-state index in [1.165, 1.54) is 0 Å². The minimum atomic E-state index is -0.0926. The summed E-state index contributed by atoms with van der Waals surface area (Å²) in [5.41, 5.74) is 1.73. The standard InChI is InChI=1S/C13H19FN2/c1-3-15-6-8-16(9-7-15)13-5-4-11(2)10-12(13)14/h4-5,10H,3,6-9H2,1-2H3. The zero-order valence-corrected chi connectivity index (χ0v) is 10.0. The van der Waals surface area contributed by atoms with E-state index in [2.05, 4.69) is 16.7 Å². The van der Waals surface area contributed by atoms with Gasteiger partial charge in [0.2, 0.25) is 0 Å². The van der Waals surface area contributed by atoms with Crippen molar-refractivity contribution in [2.75, 3.05) is 37.6 Å². The number of nitrogens with zero attached hydrogens (tertiary/aromatic N) is 2. The molecule has 0 N–H and O–H groups in total. The highest BCUT2D eigenvalue weighted by molar-refractivity contribution is 5.49. The molecule has 2 nitrogen and oxygen atoms in total. The second-order valence-electron chi connectivity index (χ2n) is 4.38. The van der Waals surface area contributed by atoms with Gasteiger partial charge in [-0.15, -0.1) is 0 Å². The van der Waals surface area contributed by atoms with Crippen LogP contribution in [0.25, 0.3) is 0 Å². The van der Waals surface area contributed by atoms with Crippen LogP contribution in [-0.4, -0.2) is 37.6 Å². The highest BCUT2D eigenvalue weighted by atomic mass is 19.1. The average Bonchev–Trinajstić information content (AvgIpc) is 2.29. The second-order valence-corrected chi connectivity index (χ2v) is 4.38. The molecule has 2 rings (SSSR count). The number of rotatable bonds is 2. The van der Waals surface area contributed by atoms with Crippen LogP contribution in [0.15, 0.2) is 18.2 Å². The van der Waals surface area contributed by atoms with Crippen molar-refractivity contribution < 1.29 is 4.39 Å². The van der Waals surface area contributed by atoms with Crippen LogP contribution in [0.4, 0.5) is 10.1 Å². The molecule has 1 aromatic carbocycles. The Bertz CT molecular complexity index is 357. The van der Waals surface area contributed by atoms with Crippen molar-refractivity contribution in [3.05, 3.63) is 29.6 Å². The summed E-state index contributed by atoms with van der Waals surface area (Å²) in [6.45, 7) is 9.09. The Labute approximate surface area is 96.7 Å². The van der Waals surface area contributed by atoms with Gasteiger partial charge in [-0.05, 0) is 31.2 Å². The van der Waals surface area contributed by atoms with Crippen molar-refractivity contribution in [2.24, 2.45) is 0 Å². The van der Waals surface area contributed by atoms with Crippen LogP contribution in [0.1, 0.15) is 12.5 Å². The van der Waals surface area contributed by atoms with E-state index in [0.717, 1.165) is 44.0 Å². The zero-order valence-electron chi connectivity index (χ0n) is 10.0. The molecule has 0 aliphatic carbocycles. The number of anilines is 1. The van der Waals surface area contributed by atoms with E-state index in [4.69, 9.17) is 0 Å². The normalized spacial score (nSPS) is 17.8. The fourth-order valence-electron chi connectivity index (χ4n) is 2.17. The van der Waals surface area contributed by atoms with E-state index in [0.29, 0.717) is 0 Å². The number of benzene rings is 1. The molecule has 0 unspecified atom stereocenters. The predicted molar refractivity (Wildman–Crippen MR) is 65.5 cm³/mol. The Hall–Kier alpha value is -1.09. The van der Waals surface area contributed by atoms with Gasteiger partial charge < -0.3 is 9.80 Å². The number of likely N-dealkylation sites (N-methyl/N-ethyl adjacent to an activating group) is 1. The highest BCUT2D eigenvalue weighted by Gasteiger charge is 2.18. The van der Waals surface area contributed by atoms with Gasteiger partial charge in [0.1, 0.15) is 5.82 Å². The lowest BCUT2D eigenvalue weighted by Gasteiger charge is -2.35. The molecule has 1 heterocycles. The quantitative estimate of drug-likeness (QED) is 0.757. The van der Waals surface area contributed by atoms with Gasteiger partial charge in [-0.3, -0.25) is 0 Å². The maximum absolute atomic E-state index is 13.8. The van der Waals surface area contributed by atoms with Crippen molar-refractivity contribution in [1.82, 2.24) is 4.90 Å². The molecular weight excluding hydrogens is 203 g/mol. The smallest absolute Gasteiger partial charge is 0.146 e. The fraction of sp³-hybridized carbons (Fsp3) is 0.538. The van der Waals surface area contributed by atoms with Gasteiger partial charge in [-0.1, -0.05) is 13.0 Å². The second kappa shape index (κ2) is 4.83. The Morgan fingerprint density at radius 1 is 1.19 bits per heavy atom. The number of hydrogen-bond donors (Lipinski definition) is 0. The largest absolute Gasteiger partial charge is 0.367 e. The summed E-state index contributed by atoms with van der Waals surface area (Å²) in [7, 11) is 0. The Kier molecular flexibility index (Phi) is 3.44. The van der Waals surface area contributed by atoms with Crippen molar-refractivity contribution in [3.8, 4) is 0 Å². The van der Waals surface area contributed by atoms with Crippen LogP contribution in [0.2, 0.25) is 0 Å². The molecule has 1 aliphatic heterocycles. The van der Waals surface area contributed by atoms with Crippen molar-refractivity contribution in [1.29, 1.82) is 0 Å². The molecule has 1 fully saturated rings. The molecule has 0 radical (unpaired) electrons. The average molecular weight is 222 g/mol. The van der Waals surface area contributed by atoms with Gasteiger partial charge in [0.25, 0.3) is 0 Å². The summed E-state index contributed by atoms with van der Waals surface area (Å²) in [5.74, 6) is -0.0926. The molecule has 0 saturated carbocycles. The third-order valence-electron chi connectivity index (χ3n) is 3.26. The molecule has 88 valence electrons. The van der Waals surface area contributed by atoms with E-state index >= 15 is 0 Å². The zero-order chi connectivity index (χ0) is 11.5. The van der Waals surface area contributed by atoms with Gasteiger partial charge in [-0.2, -0.15) is 0 Å². The first-order valence-electron chi connectivity index (χ1n) is 5.94. The lowest BCUT2D eigenvalue weighted by atomic mass is 10.2. The molecule has 16 heavy (non-hydrogen) atoms. The first kappa shape index (κ1) is 11.4. The van der Waals surface area contributed by atoms with Crippen LogP contribution < -0.4 is 4.90 Å². The van der Waals surface area contributed by atoms with E-state index in [-0.39, 0.29) is 5.82 Å². The molecule has 0 amide bonds. The molecule has 0 atom stereocenters. The van der Waals surface area contributed by atoms with Crippen LogP contribution in [-0.2, 0) is 0 Å². The van der Waals surface area contributed by atoms with Gasteiger partial charge in [0, 0.05) is 26.2 Å². The van der Waals surface area contributed by atoms with Crippen LogP contribution in [0, 0.1) is 12.7 Å². The van der Waals surface area contributed by atoms with Crippen LogP contribution in [0.3, 0.4) is 0 Å². The topological polar surface area (TPSA) is 6.48 Å². The minimum absolute atomic E-state index is 0.0926. The Morgan fingerprint density at radius 2 is 1.88 bits per heavy atom. The molecule has 0 spiro atoms. The predicted octanol–water partition coefficient (Wildman–Crippen LogP) is 2.28. The van der Waals surface area contributed by atoms with Gasteiger partial charge in [-0.25, -0.2) is 4.39 Å². The molecule has 1 aromatic rings. The highest BCUT2D eigenvalue weighted by Crippen LogP contribution is 2.21. The van der Waals surface area contributed by atoms with E-state index in [9.17, 15) is 4.39 Å². The molecular formula is C13H19FN2. The lowest BCUT2D eigenvalue weighted by Crippen LogP contribution is -2.46. The summed E-state index contributed by atoms with van der Waals surface area (Å²) in [6, 6.07) is 5.48. The third-order valence-corrected chi connectivity index (χ3v) is 3.26. The lowest BCUT2D eigenvalue weighted by molar-refractivity contribution is 0.270. The monoisotopic (exact) mass is 222 g/mol. The fourth-order valence-corrected chi connectivity index (χ4v) is 2.17. The first-order valence-corrected chi connectivity index (χ1v) is 5.94. The number of halogens is 1. The molecule has 1 saturated heterocycles. The SMILES string of the molecule is CCN1CCN(c2ccc(C)cc2F)CC1. The number of aryl methyl sites for hydroxylation is 1. The third kappa shape index (κ3) is 2.35. The first-order chi connectivity index (χ1) is 7.70.